The number of rotatable bonds is 4. The average Bonchev–Trinajstić information content (AvgIpc) is 2.84. The van der Waals surface area contributed by atoms with Crippen molar-refractivity contribution in [2.75, 3.05) is 0 Å². The highest BCUT2D eigenvalue weighted by molar-refractivity contribution is 7.15. The number of thiazole rings is 1. The third-order valence-corrected chi connectivity index (χ3v) is 3.72. The molecule has 1 aromatic heterocycles. The van der Waals surface area contributed by atoms with Gasteiger partial charge in [0.15, 0.2) is 0 Å². The lowest BCUT2D eigenvalue weighted by Gasteiger charge is -2.07. The smallest absolute Gasteiger partial charge is 0.310 e. The maximum atomic E-state index is 12.7. The zero-order chi connectivity index (χ0) is 14.8. The highest BCUT2D eigenvalue weighted by Crippen LogP contribution is 2.33. The van der Waals surface area contributed by atoms with Crippen molar-refractivity contribution in [3.05, 3.63) is 40.9 Å². The van der Waals surface area contributed by atoms with Crippen molar-refractivity contribution in [1.29, 1.82) is 0 Å². The minimum atomic E-state index is -4.32. The summed E-state index contributed by atoms with van der Waals surface area (Å²) < 4.78 is 38.0. The quantitative estimate of drug-likeness (QED) is 0.909. The summed E-state index contributed by atoms with van der Waals surface area (Å²) in [6.07, 6.45) is -2.62. The largest absolute Gasteiger partial charge is 0.416 e. The maximum Gasteiger partial charge on any atom is 0.416 e. The molecule has 1 aromatic carbocycles. The van der Waals surface area contributed by atoms with Crippen LogP contribution in [-0.2, 0) is 12.7 Å². The number of alkyl halides is 3. The van der Waals surface area contributed by atoms with Gasteiger partial charge < -0.3 is 5.32 Å². The Morgan fingerprint density at radius 2 is 2.05 bits per heavy atom. The van der Waals surface area contributed by atoms with E-state index >= 15 is 0 Å². The van der Waals surface area contributed by atoms with Gasteiger partial charge in [-0.1, -0.05) is 26.0 Å². The maximum absolute atomic E-state index is 12.7. The molecule has 0 saturated carbocycles. The van der Waals surface area contributed by atoms with Crippen molar-refractivity contribution in [1.82, 2.24) is 10.3 Å². The molecule has 1 N–H and O–H groups in total. The molecule has 0 fully saturated rings. The fourth-order valence-electron chi connectivity index (χ4n) is 1.66. The normalized spacial score (nSPS) is 12.1. The number of benzene rings is 1. The van der Waals surface area contributed by atoms with Crippen LogP contribution in [0.1, 0.15) is 24.3 Å². The number of aromatic nitrogens is 1. The second-order valence-electron chi connectivity index (χ2n) is 4.75. The molecule has 2 nitrogen and oxygen atoms in total. The van der Waals surface area contributed by atoms with E-state index in [4.69, 9.17) is 0 Å². The molecule has 0 aliphatic heterocycles. The van der Waals surface area contributed by atoms with Crippen LogP contribution in [0.15, 0.2) is 30.5 Å². The monoisotopic (exact) mass is 300 g/mol. The van der Waals surface area contributed by atoms with Crippen LogP contribution in [0.4, 0.5) is 13.2 Å². The summed E-state index contributed by atoms with van der Waals surface area (Å²) in [7, 11) is 0. The van der Waals surface area contributed by atoms with Gasteiger partial charge in [-0.2, -0.15) is 13.2 Å². The molecule has 6 heteroatoms. The van der Waals surface area contributed by atoms with Gasteiger partial charge in [-0.15, -0.1) is 11.3 Å². The lowest BCUT2D eigenvalue weighted by molar-refractivity contribution is -0.137. The molecular formula is C14H15F3N2S. The summed E-state index contributed by atoms with van der Waals surface area (Å²) in [4.78, 5) is 5.20. The van der Waals surface area contributed by atoms with Gasteiger partial charge in [0.05, 0.1) is 5.56 Å². The molecule has 0 unspecified atom stereocenters. The first-order valence-corrected chi connectivity index (χ1v) is 7.03. The van der Waals surface area contributed by atoms with Gasteiger partial charge in [0.1, 0.15) is 5.01 Å². The molecule has 20 heavy (non-hydrogen) atoms. The predicted octanol–water partition coefficient (Wildman–Crippen LogP) is 4.33. The number of halogens is 3. The van der Waals surface area contributed by atoms with Crippen molar-refractivity contribution in [3.63, 3.8) is 0 Å². The van der Waals surface area contributed by atoms with E-state index in [9.17, 15) is 13.2 Å². The van der Waals surface area contributed by atoms with Gasteiger partial charge in [-0.25, -0.2) is 4.98 Å². The Balaban J connectivity index is 2.20. The molecule has 1 heterocycles. The Morgan fingerprint density at radius 1 is 1.30 bits per heavy atom. The van der Waals surface area contributed by atoms with Crippen LogP contribution in [0.5, 0.6) is 0 Å². The zero-order valence-corrected chi connectivity index (χ0v) is 12.0. The Labute approximate surface area is 119 Å². The van der Waals surface area contributed by atoms with Gasteiger partial charge in [-0.3, -0.25) is 0 Å². The Morgan fingerprint density at radius 3 is 2.70 bits per heavy atom. The van der Waals surface area contributed by atoms with Crippen LogP contribution in [0.2, 0.25) is 0 Å². The van der Waals surface area contributed by atoms with E-state index in [0.29, 0.717) is 23.2 Å². The van der Waals surface area contributed by atoms with Crippen LogP contribution in [0, 0.1) is 0 Å². The van der Waals surface area contributed by atoms with Gasteiger partial charge in [-0.05, 0) is 12.1 Å². The number of nitrogens with one attached hydrogen (secondary N) is 1. The van der Waals surface area contributed by atoms with Crippen molar-refractivity contribution in [3.8, 4) is 10.6 Å². The molecule has 0 aliphatic carbocycles. The minimum Gasteiger partial charge on any atom is -0.310 e. The fourth-order valence-corrected chi connectivity index (χ4v) is 2.52. The standard InChI is InChI=1S/C14H15F3N2S/c1-9(2)18-7-12-8-19-13(20-12)10-4-3-5-11(6-10)14(15,16)17/h3-6,8-9,18H,7H2,1-2H3. The zero-order valence-electron chi connectivity index (χ0n) is 11.2. The minimum absolute atomic E-state index is 0.356. The Hall–Kier alpha value is -1.40. The molecule has 0 atom stereocenters. The molecular weight excluding hydrogens is 285 g/mol. The number of hydrogen-bond donors (Lipinski definition) is 1. The van der Waals surface area contributed by atoms with E-state index in [1.807, 2.05) is 13.8 Å². The van der Waals surface area contributed by atoms with E-state index in [-0.39, 0.29) is 0 Å². The first kappa shape index (κ1) is 15.0. The Kier molecular flexibility index (Phi) is 4.45. The average molecular weight is 300 g/mol. The third kappa shape index (κ3) is 3.80. The highest BCUT2D eigenvalue weighted by atomic mass is 32.1. The first-order chi connectivity index (χ1) is 9.36. The molecule has 0 radical (unpaired) electrons. The number of hydrogen-bond acceptors (Lipinski definition) is 3. The molecule has 0 aliphatic rings. The van der Waals surface area contributed by atoms with Crippen LogP contribution in [-0.4, -0.2) is 11.0 Å². The summed E-state index contributed by atoms with van der Waals surface area (Å²) in [5, 5.41) is 3.86. The van der Waals surface area contributed by atoms with E-state index in [1.165, 1.54) is 17.4 Å². The summed E-state index contributed by atoms with van der Waals surface area (Å²) >= 11 is 1.41. The predicted molar refractivity (Wildman–Crippen MR) is 74.5 cm³/mol. The lowest BCUT2D eigenvalue weighted by Crippen LogP contribution is -2.21. The molecule has 2 rings (SSSR count). The molecule has 0 amide bonds. The number of nitrogens with zero attached hydrogens (tertiary/aromatic N) is 1. The van der Waals surface area contributed by atoms with Gasteiger partial charge >= 0.3 is 6.18 Å². The summed E-state index contributed by atoms with van der Waals surface area (Å²) in [6, 6.07) is 5.62. The third-order valence-electron chi connectivity index (χ3n) is 2.67. The van der Waals surface area contributed by atoms with Crippen molar-refractivity contribution in [2.24, 2.45) is 0 Å². The van der Waals surface area contributed by atoms with Gasteiger partial charge in [0.25, 0.3) is 0 Å². The summed E-state index contributed by atoms with van der Waals surface area (Å²) in [6.45, 7) is 4.75. The van der Waals surface area contributed by atoms with E-state index in [0.717, 1.165) is 17.0 Å². The highest BCUT2D eigenvalue weighted by Gasteiger charge is 2.30. The fraction of sp³-hybridized carbons (Fsp3) is 0.357. The topological polar surface area (TPSA) is 24.9 Å². The summed E-state index contributed by atoms with van der Waals surface area (Å²) in [5.41, 5.74) is -0.146. The van der Waals surface area contributed by atoms with Gasteiger partial charge in [0, 0.05) is 29.2 Å². The molecule has 2 aromatic rings. The lowest BCUT2D eigenvalue weighted by atomic mass is 10.1. The molecule has 108 valence electrons. The molecule has 0 bridgehead atoms. The van der Waals surface area contributed by atoms with Crippen molar-refractivity contribution >= 4 is 11.3 Å². The first-order valence-electron chi connectivity index (χ1n) is 6.22. The molecule has 0 spiro atoms. The van der Waals surface area contributed by atoms with E-state index < -0.39 is 11.7 Å². The summed E-state index contributed by atoms with van der Waals surface area (Å²) in [5.74, 6) is 0. The second kappa shape index (κ2) is 5.93. The van der Waals surface area contributed by atoms with Crippen LogP contribution in [0.3, 0.4) is 0 Å². The van der Waals surface area contributed by atoms with Crippen molar-refractivity contribution in [2.45, 2.75) is 32.6 Å². The molecule has 0 saturated heterocycles. The van der Waals surface area contributed by atoms with E-state index in [1.54, 1.807) is 12.3 Å². The van der Waals surface area contributed by atoms with Crippen LogP contribution < -0.4 is 5.32 Å². The van der Waals surface area contributed by atoms with E-state index in [2.05, 4.69) is 10.3 Å². The SMILES string of the molecule is CC(C)NCc1cnc(-c2cccc(C(F)(F)F)c2)s1. The second-order valence-corrected chi connectivity index (χ2v) is 5.86. The van der Waals surface area contributed by atoms with Crippen LogP contribution >= 0.6 is 11.3 Å². The van der Waals surface area contributed by atoms with Crippen molar-refractivity contribution < 1.29 is 13.2 Å². The van der Waals surface area contributed by atoms with Crippen LogP contribution in [0.25, 0.3) is 10.6 Å². The van der Waals surface area contributed by atoms with Gasteiger partial charge in [0.2, 0.25) is 0 Å². The Bertz CT molecular complexity index is 576.